The van der Waals surface area contributed by atoms with Gasteiger partial charge in [0.2, 0.25) is 0 Å². The Morgan fingerprint density at radius 3 is 3.00 bits per heavy atom. The maximum absolute atomic E-state index is 4.92. The van der Waals surface area contributed by atoms with Crippen LogP contribution in [0.2, 0.25) is 0 Å². The zero-order valence-corrected chi connectivity index (χ0v) is 15.6. The Morgan fingerprint density at radius 1 is 1.19 bits per heavy atom. The minimum atomic E-state index is 0.197. The third kappa shape index (κ3) is 2.75. The van der Waals surface area contributed by atoms with E-state index in [0.29, 0.717) is 0 Å². The predicted octanol–water partition coefficient (Wildman–Crippen LogP) is 2.88. The number of nitrogens with zero attached hydrogens (tertiary/aromatic N) is 5. The molecule has 0 saturated carbocycles. The van der Waals surface area contributed by atoms with E-state index in [1.165, 1.54) is 5.69 Å². The summed E-state index contributed by atoms with van der Waals surface area (Å²) < 4.78 is 2.16. The molecule has 4 aromatic rings. The molecule has 7 nitrogen and oxygen atoms in total. The molecule has 1 aliphatic rings. The molecule has 0 spiro atoms. The number of imidazole rings is 1. The van der Waals surface area contributed by atoms with Gasteiger partial charge in [0, 0.05) is 37.9 Å². The zero-order chi connectivity index (χ0) is 18.4. The molecule has 0 aromatic carbocycles. The molecule has 2 N–H and O–H groups in total. The largest absolute Gasteiger partial charge is 0.353 e. The van der Waals surface area contributed by atoms with Crippen molar-refractivity contribution in [3.63, 3.8) is 0 Å². The minimum absolute atomic E-state index is 0.197. The molecule has 0 aliphatic carbocycles. The summed E-state index contributed by atoms with van der Waals surface area (Å²) in [5.41, 5.74) is 3.07. The van der Waals surface area contributed by atoms with Gasteiger partial charge in [-0.2, -0.15) is 0 Å². The van der Waals surface area contributed by atoms with Crippen molar-refractivity contribution in [2.45, 2.75) is 25.8 Å². The lowest BCUT2D eigenvalue weighted by Gasteiger charge is -2.34. The molecule has 1 saturated heterocycles. The Morgan fingerprint density at radius 2 is 2.11 bits per heavy atom. The number of H-pyrrole nitrogens is 1. The summed E-state index contributed by atoms with van der Waals surface area (Å²) in [6.07, 6.45) is 5.99. The van der Waals surface area contributed by atoms with Crippen molar-refractivity contribution < 1.29 is 0 Å². The van der Waals surface area contributed by atoms with Gasteiger partial charge in [-0.25, -0.2) is 15.0 Å². The van der Waals surface area contributed by atoms with E-state index < -0.39 is 0 Å². The first-order valence-corrected chi connectivity index (χ1v) is 9.46. The molecule has 1 aliphatic heterocycles. The monoisotopic (exact) mass is 361 g/mol. The van der Waals surface area contributed by atoms with E-state index >= 15 is 0 Å². The summed E-state index contributed by atoms with van der Waals surface area (Å²) in [4.78, 5) is 19.8. The Bertz CT molecular complexity index is 1090. The highest BCUT2D eigenvalue weighted by Crippen LogP contribution is 2.28. The molecule has 7 heteroatoms. The maximum atomic E-state index is 4.92. The predicted molar refractivity (Wildman–Crippen MR) is 106 cm³/mol. The molecule has 27 heavy (non-hydrogen) atoms. The van der Waals surface area contributed by atoms with E-state index in [0.717, 1.165) is 48.0 Å². The second kappa shape index (κ2) is 6.35. The van der Waals surface area contributed by atoms with Crippen LogP contribution in [0.4, 0.5) is 5.82 Å². The van der Waals surface area contributed by atoms with Crippen LogP contribution >= 0.6 is 0 Å². The van der Waals surface area contributed by atoms with Gasteiger partial charge in [-0.3, -0.25) is 0 Å². The molecule has 0 radical (unpaired) electrons. The number of aromatic amines is 1. The summed E-state index contributed by atoms with van der Waals surface area (Å²) in [6.45, 7) is 6.93. The van der Waals surface area contributed by atoms with Crippen LogP contribution in [-0.2, 0) is 0 Å². The van der Waals surface area contributed by atoms with Gasteiger partial charge >= 0.3 is 0 Å². The molecule has 4 aromatic heterocycles. The number of aromatic nitrogens is 5. The summed E-state index contributed by atoms with van der Waals surface area (Å²) in [5, 5.41) is 4.72. The van der Waals surface area contributed by atoms with Crippen molar-refractivity contribution >= 4 is 22.5 Å². The highest BCUT2D eigenvalue weighted by Gasteiger charge is 2.26. The van der Waals surface area contributed by atoms with Crippen molar-refractivity contribution in [1.82, 2.24) is 29.7 Å². The van der Waals surface area contributed by atoms with Crippen LogP contribution in [0.3, 0.4) is 0 Å². The first-order chi connectivity index (χ1) is 13.2. The Kier molecular flexibility index (Phi) is 3.82. The van der Waals surface area contributed by atoms with Gasteiger partial charge in [0.05, 0.1) is 23.3 Å². The normalized spacial score (nSPS) is 18.0. The standard InChI is InChI=1S/C20H23N7/c1-13(2)18-24-19-14(6-7-22-19)20(25-18)26-10-8-21-15(12-26)16-11-23-17-5-3-4-9-27(16)17/h3-7,9,11,13,15,21H,8,10,12H2,1-2H3,(H,22,24,25). The van der Waals surface area contributed by atoms with E-state index in [-0.39, 0.29) is 12.0 Å². The fourth-order valence-corrected chi connectivity index (χ4v) is 3.79. The van der Waals surface area contributed by atoms with Gasteiger partial charge < -0.3 is 19.6 Å². The number of fused-ring (bicyclic) bond motifs is 2. The molecular weight excluding hydrogens is 338 g/mol. The molecule has 0 bridgehead atoms. The van der Waals surface area contributed by atoms with Crippen LogP contribution in [-0.4, -0.2) is 44.0 Å². The van der Waals surface area contributed by atoms with Gasteiger partial charge in [-0.05, 0) is 18.2 Å². The lowest BCUT2D eigenvalue weighted by Crippen LogP contribution is -2.46. The van der Waals surface area contributed by atoms with Gasteiger partial charge in [0.1, 0.15) is 22.9 Å². The van der Waals surface area contributed by atoms with Crippen LogP contribution in [0.15, 0.2) is 42.9 Å². The molecule has 1 atom stereocenters. The van der Waals surface area contributed by atoms with Crippen LogP contribution < -0.4 is 10.2 Å². The zero-order valence-electron chi connectivity index (χ0n) is 15.6. The highest BCUT2D eigenvalue weighted by molar-refractivity contribution is 5.87. The van der Waals surface area contributed by atoms with Gasteiger partial charge in [-0.15, -0.1) is 0 Å². The van der Waals surface area contributed by atoms with E-state index in [1.807, 2.05) is 30.6 Å². The highest BCUT2D eigenvalue weighted by atomic mass is 15.3. The molecule has 1 unspecified atom stereocenters. The summed E-state index contributed by atoms with van der Waals surface area (Å²) in [7, 11) is 0. The lowest BCUT2D eigenvalue weighted by molar-refractivity contribution is 0.459. The number of piperazine rings is 1. The molecule has 1 fully saturated rings. The van der Waals surface area contributed by atoms with Crippen molar-refractivity contribution in [3.8, 4) is 0 Å². The van der Waals surface area contributed by atoms with E-state index in [9.17, 15) is 0 Å². The van der Waals surface area contributed by atoms with Crippen LogP contribution in [0.1, 0.15) is 37.3 Å². The third-order valence-corrected chi connectivity index (χ3v) is 5.21. The lowest BCUT2D eigenvalue weighted by atomic mass is 10.1. The number of anilines is 1. The molecular formula is C20H23N7. The van der Waals surface area contributed by atoms with E-state index in [1.54, 1.807) is 0 Å². The summed E-state index contributed by atoms with van der Waals surface area (Å²) in [6, 6.07) is 8.36. The average molecular weight is 361 g/mol. The fraction of sp³-hybridized carbons (Fsp3) is 0.350. The van der Waals surface area contributed by atoms with Crippen molar-refractivity contribution in [1.29, 1.82) is 0 Å². The fourth-order valence-electron chi connectivity index (χ4n) is 3.79. The average Bonchev–Trinajstić information content (AvgIpc) is 3.34. The SMILES string of the molecule is CC(C)c1nc(N2CCNC(c3cnc4ccccn34)C2)c2cc[nH]c2n1. The van der Waals surface area contributed by atoms with Gasteiger partial charge in [0.15, 0.2) is 0 Å². The van der Waals surface area contributed by atoms with E-state index in [4.69, 9.17) is 4.98 Å². The number of hydrogen-bond donors (Lipinski definition) is 2. The number of pyridine rings is 1. The second-order valence-corrected chi connectivity index (χ2v) is 7.36. The number of hydrogen-bond acceptors (Lipinski definition) is 5. The van der Waals surface area contributed by atoms with E-state index in [2.05, 4.69) is 55.7 Å². The summed E-state index contributed by atoms with van der Waals surface area (Å²) in [5.74, 6) is 2.18. The quantitative estimate of drug-likeness (QED) is 0.587. The summed E-state index contributed by atoms with van der Waals surface area (Å²) >= 11 is 0. The molecule has 138 valence electrons. The molecule has 5 rings (SSSR count). The van der Waals surface area contributed by atoms with Gasteiger partial charge in [0.25, 0.3) is 0 Å². The minimum Gasteiger partial charge on any atom is -0.353 e. The first-order valence-electron chi connectivity index (χ1n) is 9.46. The smallest absolute Gasteiger partial charge is 0.143 e. The van der Waals surface area contributed by atoms with Crippen LogP contribution in [0, 0.1) is 0 Å². The van der Waals surface area contributed by atoms with Crippen molar-refractivity contribution in [2.24, 2.45) is 0 Å². The maximum Gasteiger partial charge on any atom is 0.143 e. The third-order valence-electron chi connectivity index (χ3n) is 5.21. The second-order valence-electron chi connectivity index (χ2n) is 7.36. The number of rotatable bonds is 3. The van der Waals surface area contributed by atoms with Crippen LogP contribution in [0.5, 0.6) is 0 Å². The molecule has 0 amide bonds. The first kappa shape index (κ1) is 16.3. The van der Waals surface area contributed by atoms with Crippen molar-refractivity contribution in [3.05, 3.63) is 54.4 Å². The topological polar surface area (TPSA) is 74.1 Å². The van der Waals surface area contributed by atoms with Crippen LogP contribution in [0.25, 0.3) is 16.7 Å². The Labute approximate surface area is 157 Å². The molecule has 5 heterocycles. The van der Waals surface area contributed by atoms with Gasteiger partial charge in [-0.1, -0.05) is 19.9 Å². The Hall–Kier alpha value is -2.93. The Balaban J connectivity index is 1.53. The number of nitrogens with one attached hydrogen (secondary N) is 2. The van der Waals surface area contributed by atoms with Crippen molar-refractivity contribution in [2.75, 3.05) is 24.5 Å².